The SMILES string of the molecule is CC(C)CN(CCC(N)=NO)C(=O)C1CCCS1. The molecule has 0 aliphatic carbocycles. The van der Waals surface area contributed by atoms with E-state index in [0.717, 1.165) is 25.1 Å². The molecule has 5 nitrogen and oxygen atoms in total. The predicted octanol–water partition coefficient (Wildman–Crippen LogP) is 1.50. The molecule has 1 saturated heterocycles. The van der Waals surface area contributed by atoms with Crippen LogP contribution in [-0.4, -0.2) is 45.9 Å². The van der Waals surface area contributed by atoms with Crippen molar-refractivity contribution >= 4 is 23.5 Å². The number of hydrogen-bond acceptors (Lipinski definition) is 4. The molecule has 1 aliphatic heterocycles. The molecule has 1 fully saturated rings. The number of nitrogens with zero attached hydrogens (tertiary/aromatic N) is 2. The van der Waals surface area contributed by atoms with Crippen LogP contribution in [0.25, 0.3) is 0 Å². The van der Waals surface area contributed by atoms with Gasteiger partial charge in [-0.05, 0) is 24.5 Å². The van der Waals surface area contributed by atoms with Crippen molar-refractivity contribution in [2.24, 2.45) is 16.8 Å². The predicted molar refractivity (Wildman–Crippen MR) is 74.9 cm³/mol. The second-order valence-corrected chi connectivity index (χ2v) is 6.33. The van der Waals surface area contributed by atoms with Gasteiger partial charge >= 0.3 is 0 Å². The van der Waals surface area contributed by atoms with Crippen LogP contribution in [0.3, 0.4) is 0 Å². The van der Waals surface area contributed by atoms with Crippen molar-refractivity contribution in [2.45, 2.75) is 38.4 Å². The molecule has 0 aromatic carbocycles. The Morgan fingerprint density at radius 3 is 2.83 bits per heavy atom. The Hall–Kier alpha value is -0.910. The number of amidine groups is 1. The number of oxime groups is 1. The Morgan fingerprint density at radius 1 is 1.61 bits per heavy atom. The van der Waals surface area contributed by atoms with E-state index in [2.05, 4.69) is 19.0 Å². The fourth-order valence-electron chi connectivity index (χ4n) is 2.01. The third-order valence-electron chi connectivity index (χ3n) is 2.87. The summed E-state index contributed by atoms with van der Waals surface area (Å²) in [6.07, 6.45) is 2.52. The molecule has 0 radical (unpaired) electrons. The lowest BCUT2D eigenvalue weighted by molar-refractivity contribution is -0.131. The van der Waals surface area contributed by atoms with Crippen LogP contribution < -0.4 is 5.73 Å². The maximum atomic E-state index is 12.3. The van der Waals surface area contributed by atoms with Gasteiger partial charge in [0, 0.05) is 19.5 Å². The third-order valence-corrected chi connectivity index (χ3v) is 4.23. The molecule has 1 unspecified atom stereocenters. The van der Waals surface area contributed by atoms with Gasteiger partial charge in [-0.25, -0.2) is 0 Å². The first kappa shape index (κ1) is 15.1. The first-order chi connectivity index (χ1) is 8.54. The largest absolute Gasteiger partial charge is 0.409 e. The summed E-state index contributed by atoms with van der Waals surface area (Å²) >= 11 is 1.74. The smallest absolute Gasteiger partial charge is 0.235 e. The normalized spacial score (nSPS) is 20.4. The van der Waals surface area contributed by atoms with E-state index >= 15 is 0 Å². The third kappa shape index (κ3) is 4.76. The molecule has 1 aliphatic rings. The highest BCUT2D eigenvalue weighted by Crippen LogP contribution is 2.28. The van der Waals surface area contributed by atoms with Gasteiger partial charge in [-0.1, -0.05) is 19.0 Å². The molecule has 1 heterocycles. The number of carbonyl (C=O) groups is 1. The van der Waals surface area contributed by atoms with Gasteiger partial charge in [0.15, 0.2) is 0 Å². The van der Waals surface area contributed by atoms with Crippen molar-refractivity contribution in [3.63, 3.8) is 0 Å². The molecule has 0 aromatic heterocycles. The second-order valence-electron chi connectivity index (χ2n) is 5.02. The summed E-state index contributed by atoms with van der Waals surface area (Å²) in [6.45, 7) is 5.44. The van der Waals surface area contributed by atoms with Gasteiger partial charge in [-0.2, -0.15) is 0 Å². The van der Waals surface area contributed by atoms with Crippen LogP contribution in [0, 0.1) is 5.92 Å². The second kappa shape index (κ2) is 7.51. The molecule has 1 atom stereocenters. The maximum absolute atomic E-state index is 12.3. The number of nitrogens with two attached hydrogens (primary N) is 1. The Kier molecular flexibility index (Phi) is 6.32. The molecule has 0 saturated carbocycles. The number of amides is 1. The highest BCUT2D eigenvalue weighted by Gasteiger charge is 2.28. The molecule has 1 amide bonds. The van der Waals surface area contributed by atoms with Crippen molar-refractivity contribution in [3.8, 4) is 0 Å². The van der Waals surface area contributed by atoms with Crippen LogP contribution >= 0.6 is 11.8 Å². The van der Waals surface area contributed by atoms with E-state index in [1.807, 2.05) is 4.90 Å². The van der Waals surface area contributed by atoms with Crippen LogP contribution in [-0.2, 0) is 4.79 Å². The topological polar surface area (TPSA) is 78.9 Å². The van der Waals surface area contributed by atoms with E-state index in [-0.39, 0.29) is 17.0 Å². The lowest BCUT2D eigenvalue weighted by Gasteiger charge is -2.26. The van der Waals surface area contributed by atoms with Crippen LogP contribution in [0.1, 0.15) is 33.1 Å². The van der Waals surface area contributed by atoms with Crippen LogP contribution in [0.2, 0.25) is 0 Å². The lowest BCUT2D eigenvalue weighted by Crippen LogP contribution is -2.41. The molecule has 18 heavy (non-hydrogen) atoms. The maximum Gasteiger partial charge on any atom is 0.235 e. The summed E-state index contributed by atoms with van der Waals surface area (Å²) in [5.41, 5.74) is 5.46. The summed E-state index contributed by atoms with van der Waals surface area (Å²) in [6, 6.07) is 0. The quantitative estimate of drug-likeness (QED) is 0.333. The summed E-state index contributed by atoms with van der Waals surface area (Å²) in [5.74, 6) is 1.88. The van der Waals surface area contributed by atoms with Gasteiger partial charge in [0.1, 0.15) is 5.84 Å². The first-order valence-corrected chi connectivity index (χ1v) is 7.46. The molecule has 0 aromatic rings. The zero-order chi connectivity index (χ0) is 13.5. The van der Waals surface area contributed by atoms with Gasteiger partial charge < -0.3 is 15.8 Å². The van der Waals surface area contributed by atoms with Gasteiger partial charge in [-0.15, -0.1) is 11.8 Å². The molecule has 0 bridgehead atoms. The Bertz CT molecular complexity index is 302. The average molecular weight is 273 g/mol. The lowest BCUT2D eigenvalue weighted by atomic mass is 10.1. The van der Waals surface area contributed by atoms with Gasteiger partial charge in [-0.3, -0.25) is 4.79 Å². The number of hydrogen-bond donors (Lipinski definition) is 2. The van der Waals surface area contributed by atoms with E-state index in [0.29, 0.717) is 18.9 Å². The standard InChI is InChI=1S/C12H23N3O2S/c1-9(2)8-15(6-5-11(13)14-17)12(16)10-4-3-7-18-10/h9-10,17H,3-8H2,1-2H3,(H2,13,14). The summed E-state index contributed by atoms with van der Waals surface area (Å²) < 4.78 is 0. The van der Waals surface area contributed by atoms with Crippen molar-refractivity contribution in [2.75, 3.05) is 18.8 Å². The van der Waals surface area contributed by atoms with Crippen LogP contribution in [0.4, 0.5) is 0 Å². The number of rotatable bonds is 6. The fourth-order valence-corrected chi connectivity index (χ4v) is 3.25. The minimum absolute atomic E-state index is 0.107. The van der Waals surface area contributed by atoms with E-state index in [4.69, 9.17) is 10.9 Å². The molecule has 104 valence electrons. The van der Waals surface area contributed by atoms with Gasteiger partial charge in [0.05, 0.1) is 5.25 Å². The zero-order valence-corrected chi connectivity index (χ0v) is 11.9. The minimum atomic E-state index is 0.107. The van der Waals surface area contributed by atoms with Gasteiger partial charge in [0.25, 0.3) is 0 Å². The van der Waals surface area contributed by atoms with Crippen molar-refractivity contribution in [1.29, 1.82) is 0 Å². The van der Waals surface area contributed by atoms with E-state index in [1.165, 1.54) is 0 Å². The number of carbonyl (C=O) groups excluding carboxylic acids is 1. The summed E-state index contributed by atoms with van der Waals surface area (Å²) in [4.78, 5) is 14.2. The zero-order valence-electron chi connectivity index (χ0n) is 11.1. The molecule has 6 heteroatoms. The highest BCUT2D eigenvalue weighted by atomic mass is 32.2. The molecular formula is C12H23N3O2S. The van der Waals surface area contributed by atoms with E-state index in [1.54, 1.807) is 11.8 Å². The van der Waals surface area contributed by atoms with Crippen LogP contribution in [0.5, 0.6) is 0 Å². The minimum Gasteiger partial charge on any atom is -0.409 e. The van der Waals surface area contributed by atoms with Crippen molar-refractivity contribution in [3.05, 3.63) is 0 Å². The average Bonchev–Trinajstić information content (AvgIpc) is 2.86. The first-order valence-electron chi connectivity index (χ1n) is 6.41. The fraction of sp³-hybridized carbons (Fsp3) is 0.833. The Balaban J connectivity index is 2.55. The Labute approximate surface area is 113 Å². The van der Waals surface area contributed by atoms with Gasteiger partial charge in [0.2, 0.25) is 5.91 Å². The van der Waals surface area contributed by atoms with E-state index < -0.39 is 0 Å². The Morgan fingerprint density at radius 2 is 2.33 bits per heavy atom. The van der Waals surface area contributed by atoms with Crippen molar-refractivity contribution < 1.29 is 10.0 Å². The molecule has 3 N–H and O–H groups in total. The van der Waals surface area contributed by atoms with Crippen LogP contribution in [0.15, 0.2) is 5.16 Å². The molecule has 0 spiro atoms. The molecular weight excluding hydrogens is 250 g/mol. The number of thioether (sulfide) groups is 1. The van der Waals surface area contributed by atoms with Crippen molar-refractivity contribution in [1.82, 2.24) is 4.90 Å². The van der Waals surface area contributed by atoms with E-state index in [9.17, 15) is 4.79 Å². The summed E-state index contributed by atoms with van der Waals surface area (Å²) in [7, 11) is 0. The molecule has 1 rings (SSSR count). The highest BCUT2D eigenvalue weighted by molar-refractivity contribution is 8.00. The monoisotopic (exact) mass is 273 g/mol. The summed E-state index contributed by atoms with van der Waals surface area (Å²) in [5, 5.41) is 11.6.